The van der Waals surface area contributed by atoms with E-state index >= 15 is 0 Å². The minimum absolute atomic E-state index is 0.207. The lowest BCUT2D eigenvalue weighted by Gasteiger charge is -2.05. The molecule has 130 valence electrons. The fourth-order valence-corrected chi connectivity index (χ4v) is 2.62. The van der Waals surface area contributed by atoms with Crippen LogP contribution in [-0.4, -0.2) is 23.8 Å². The second-order valence-corrected chi connectivity index (χ2v) is 6.83. The van der Waals surface area contributed by atoms with Gasteiger partial charge >= 0.3 is 5.97 Å². The number of carbonyl (C=O) groups excluding carboxylic acids is 1. The molecule has 2 N–H and O–H groups in total. The number of furan rings is 1. The Balaban J connectivity index is 1.78. The Morgan fingerprint density at radius 2 is 2.08 bits per heavy atom. The van der Waals surface area contributed by atoms with E-state index in [-0.39, 0.29) is 18.1 Å². The molecule has 0 bridgehead atoms. The molecule has 0 radical (unpaired) electrons. The average Bonchev–Trinajstić information content (AvgIpc) is 3.03. The number of aromatic nitrogens is 2. The van der Waals surface area contributed by atoms with Gasteiger partial charge < -0.3 is 9.15 Å². The summed E-state index contributed by atoms with van der Waals surface area (Å²) in [7, 11) is -4.06. The molecule has 0 unspecified atom stereocenters. The van der Waals surface area contributed by atoms with Crippen molar-refractivity contribution in [2.75, 3.05) is 0 Å². The highest BCUT2D eigenvalue weighted by Crippen LogP contribution is 2.14. The van der Waals surface area contributed by atoms with E-state index in [1.54, 1.807) is 12.1 Å². The number of rotatable bonds is 4. The summed E-state index contributed by atoms with van der Waals surface area (Å²) in [6.45, 7) is -0.307. The Labute approximate surface area is 145 Å². The molecule has 0 spiro atoms. The number of primary sulfonamides is 1. The lowest BCUT2D eigenvalue weighted by molar-refractivity contribution is 0.0425. The molecule has 11 heteroatoms. The maximum absolute atomic E-state index is 12.0. The van der Waals surface area contributed by atoms with Gasteiger partial charge in [-0.1, -0.05) is 11.6 Å². The van der Waals surface area contributed by atoms with E-state index in [1.807, 2.05) is 0 Å². The first kappa shape index (κ1) is 17.1. The second-order valence-electron chi connectivity index (χ2n) is 4.90. The fraction of sp³-hybridized carbons (Fsp3) is 0.0714. The van der Waals surface area contributed by atoms with Crippen molar-refractivity contribution in [3.05, 3.63) is 63.4 Å². The molecular weight excluding hydrogens is 374 g/mol. The molecule has 0 fully saturated rings. The number of pyridine rings is 1. The normalized spacial score (nSPS) is 11.6. The minimum atomic E-state index is -4.06. The standard InChI is InChI=1S/C14H10ClN3O6S/c15-8-1-3-11-17-9(5-12(19)18(11)6-8)7-23-14(20)10-2-4-13(24-10)25(16,21)22/h1-6H,7H2,(H2,16,21,22). The molecule has 0 aliphatic carbocycles. The first-order chi connectivity index (χ1) is 11.7. The van der Waals surface area contributed by atoms with Crippen LogP contribution >= 0.6 is 11.6 Å². The Bertz CT molecular complexity index is 1130. The van der Waals surface area contributed by atoms with Crippen molar-refractivity contribution in [1.82, 2.24) is 9.38 Å². The van der Waals surface area contributed by atoms with Crippen LogP contribution in [0.5, 0.6) is 0 Å². The second kappa shape index (κ2) is 6.31. The molecule has 3 rings (SSSR count). The predicted octanol–water partition coefficient (Wildman–Crippen LogP) is 0.945. The van der Waals surface area contributed by atoms with Crippen molar-refractivity contribution >= 4 is 33.2 Å². The molecule has 3 aromatic rings. The van der Waals surface area contributed by atoms with E-state index in [2.05, 4.69) is 4.98 Å². The molecule has 0 aromatic carbocycles. The number of sulfonamides is 1. The molecule has 0 aliphatic rings. The Kier molecular flexibility index (Phi) is 4.33. The largest absolute Gasteiger partial charge is 0.453 e. The number of fused-ring (bicyclic) bond motifs is 1. The van der Waals surface area contributed by atoms with E-state index in [0.717, 1.165) is 12.1 Å². The van der Waals surface area contributed by atoms with Gasteiger partial charge in [0.2, 0.25) is 10.9 Å². The first-order valence-electron chi connectivity index (χ1n) is 6.72. The summed E-state index contributed by atoms with van der Waals surface area (Å²) in [5, 5.41) is 4.70. The van der Waals surface area contributed by atoms with E-state index in [4.69, 9.17) is 25.9 Å². The van der Waals surface area contributed by atoms with E-state index in [1.165, 1.54) is 16.7 Å². The molecular formula is C14H10ClN3O6S. The molecule has 0 atom stereocenters. The van der Waals surface area contributed by atoms with Gasteiger partial charge in [0, 0.05) is 12.3 Å². The monoisotopic (exact) mass is 383 g/mol. The molecule has 0 saturated carbocycles. The summed E-state index contributed by atoms with van der Waals surface area (Å²) in [5.74, 6) is -1.26. The average molecular weight is 384 g/mol. The molecule has 0 aliphatic heterocycles. The van der Waals surface area contributed by atoms with Gasteiger partial charge in [-0.3, -0.25) is 9.20 Å². The highest BCUT2D eigenvalue weighted by Gasteiger charge is 2.18. The van der Waals surface area contributed by atoms with Crippen molar-refractivity contribution < 1.29 is 22.4 Å². The molecule has 0 saturated heterocycles. The zero-order valence-corrected chi connectivity index (χ0v) is 14.0. The van der Waals surface area contributed by atoms with Crippen molar-refractivity contribution in [3.63, 3.8) is 0 Å². The third-order valence-electron chi connectivity index (χ3n) is 3.09. The minimum Gasteiger partial charge on any atom is -0.453 e. The zero-order valence-electron chi connectivity index (χ0n) is 12.4. The summed E-state index contributed by atoms with van der Waals surface area (Å²) >= 11 is 5.82. The number of nitrogens with zero attached hydrogens (tertiary/aromatic N) is 2. The van der Waals surface area contributed by atoms with Crippen LogP contribution in [0.25, 0.3) is 5.65 Å². The maximum atomic E-state index is 12.0. The van der Waals surface area contributed by atoms with E-state index in [9.17, 15) is 18.0 Å². The van der Waals surface area contributed by atoms with Crippen LogP contribution in [0.15, 0.2) is 50.8 Å². The van der Waals surface area contributed by atoms with Gasteiger partial charge in [0.25, 0.3) is 15.6 Å². The molecule has 3 heterocycles. The van der Waals surface area contributed by atoms with Gasteiger partial charge in [-0.05, 0) is 24.3 Å². The highest BCUT2D eigenvalue weighted by molar-refractivity contribution is 7.89. The third-order valence-corrected chi connectivity index (χ3v) is 4.09. The van der Waals surface area contributed by atoms with Crippen LogP contribution in [0, 0.1) is 0 Å². The molecule has 25 heavy (non-hydrogen) atoms. The van der Waals surface area contributed by atoms with E-state index < -0.39 is 26.6 Å². The van der Waals surface area contributed by atoms with Crippen molar-refractivity contribution in [2.24, 2.45) is 5.14 Å². The van der Waals surface area contributed by atoms with Crippen molar-refractivity contribution in [1.29, 1.82) is 0 Å². The number of nitrogens with two attached hydrogens (primary N) is 1. The Hall–Kier alpha value is -2.69. The lowest BCUT2D eigenvalue weighted by atomic mass is 10.4. The SMILES string of the molecule is NS(=O)(=O)c1ccc(C(=O)OCc2cc(=O)n3cc(Cl)ccc3n2)o1. The van der Waals surface area contributed by atoms with Gasteiger partial charge in [-0.25, -0.2) is 23.3 Å². The lowest BCUT2D eigenvalue weighted by Crippen LogP contribution is -2.16. The van der Waals surface area contributed by atoms with Crippen LogP contribution < -0.4 is 10.7 Å². The van der Waals surface area contributed by atoms with Crippen LogP contribution in [0.3, 0.4) is 0 Å². The van der Waals surface area contributed by atoms with Gasteiger partial charge in [0.05, 0.1) is 10.7 Å². The Morgan fingerprint density at radius 3 is 2.76 bits per heavy atom. The predicted molar refractivity (Wildman–Crippen MR) is 85.7 cm³/mol. The van der Waals surface area contributed by atoms with E-state index in [0.29, 0.717) is 10.7 Å². The van der Waals surface area contributed by atoms with Crippen LogP contribution in [0.4, 0.5) is 0 Å². The molecule has 9 nitrogen and oxygen atoms in total. The zero-order chi connectivity index (χ0) is 18.2. The highest BCUT2D eigenvalue weighted by atomic mass is 35.5. The van der Waals surface area contributed by atoms with Crippen molar-refractivity contribution in [3.8, 4) is 0 Å². The fourth-order valence-electron chi connectivity index (χ4n) is 1.99. The molecule has 3 aromatic heterocycles. The number of carbonyl (C=O) groups is 1. The first-order valence-corrected chi connectivity index (χ1v) is 8.64. The van der Waals surface area contributed by atoms with Crippen LogP contribution in [0.1, 0.15) is 16.2 Å². The smallest absolute Gasteiger partial charge is 0.374 e. The topological polar surface area (TPSA) is 134 Å². The number of ether oxygens (including phenoxy) is 1. The Morgan fingerprint density at radius 1 is 1.32 bits per heavy atom. The summed E-state index contributed by atoms with van der Waals surface area (Å²) in [6, 6.07) is 6.45. The number of esters is 1. The summed E-state index contributed by atoms with van der Waals surface area (Å²) < 4.78 is 33.2. The van der Waals surface area contributed by atoms with Crippen molar-refractivity contribution in [2.45, 2.75) is 11.7 Å². The van der Waals surface area contributed by atoms with Gasteiger partial charge in [0.15, 0.2) is 0 Å². The number of hydrogen-bond acceptors (Lipinski definition) is 7. The van der Waals surface area contributed by atoms with Gasteiger partial charge in [-0.2, -0.15) is 0 Å². The van der Waals surface area contributed by atoms with Gasteiger partial charge in [0.1, 0.15) is 12.3 Å². The summed E-state index contributed by atoms with van der Waals surface area (Å²) in [5.41, 5.74) is 0.143. The quantitative estimate of drug-likeness (QED) is 0.662. The number of hydrogen-bond donors (Lipinski definition) is 1. The maximum Gasteiger partial charge on any atom is 0.374 e. The third kappa shape index (κ3) is 3.71. The van der Waals surface area contributed by atoms with Gasteiger partial charge in [-0.15, -0.1) is 0 Å². The summed E-state index contributed by atoms with van der Waals surface area (Å²) in [4.78, 5) is 28.0. The van der Waals surface area contributed by atoms with Crippen LogP contribution in [0.2, 0.25) is 5.02 Å². The molecule has 0 amide bonds. The number of halogens is 1. The summed E-state index contributed by atoms with van der Waals surface area (Å²) in [6.07, 6.45) is 1.42. The van der Waals surface area contributed by atoms with Crippen LogP contribution in [-0.2, 0) is 21.4 Å².